The molecule has 0 bridgehead atoms. The number of hydrazine groups is 1. The summed E-state index contributed by atoms with van der Waals surface area (Å²) in [7, 11) is 0. The van der Waals surface area contributed by atoms with Crippen molar-refractivity contribution in [1.82, 2.24) is 15.2 Å². The van der Waals surface area contributed by atoms with Crippen molar-refractivity contribution in [2.45, 2.75) is 34.1 Å². The van der Waals surface area contributed by atoms with Crippen LogP contribution in [-0.4, -0.2) is 68.2 Å². The van der Waals surface area contributed by atoms with Crippen molar-refractivity contribution in [3.8, 4) is 0 Å². The van der Waals surface area contributed by atoms with Crippen molar-refractivity contribution in [3.05, 3.63) is 0 Å². The topological polar surface area (TPSA) is 87.9 Å². The maximum atomic E-state index is 12.4. The monoisotopic (exact) mass is 328 g/mol. The summed E-state index contributed by atoms with van der Waals surface area (Å²) in [5.74, 6) is 5.87. The average Bonchev–Trinajstić information content (AvgIpc) is 2.44. The van der Waals surface area contributed by atoms with E-state index in [-0.39, 0.29) is 16.7 Å². The molecule has 0 saturated carbocycles. The highest BCUT2D eigenvalue weighted by Gasteiger charge is 2.28. The average molecular weight is 328 g/mol. The normalized spacial score (nSPS) is 17.2. The first kappa shape index (κ1) is 19.9. The third-order valence-corrected chi connectivity index (χ3v) is 3.95. The van der Waals surface area contributed by atoms with Crippen LogP contribution in [-0.2, 0) is 14.3 Å². The van der Waals surface area contributed by atoms with Crippen molar-refractivity contribution >= 4 is 12.3 Å². The molecular weight excluding hydrogens is 296 g/mol. The molecule has 0 aromatic heterocycles. The number of rotatable bonds is 9. The number of amides is 2. The minimum absolute atomic E-state index is 0.127. The number of hydrogen-bond donors (Lipinski definition) is 2. The molecule has 1 heterocycles. The molecule has 0 unspecified atom stereocenters. The van der Waals surface area contributed by atoms with Gasteiger partial charge in [-0.05, 0) is 5.41 Å². The third kappa shape index (κ3) is 7.76. The highest BCUT2D eigenvalue weighted by atomic mass is 16.5. The molecule has 1 saturated heterocycles. The minimum Gasteiger partial charge on any atom is -0.380 e. The van der Waals surface area contributed by atoms with Crippen molar-refractivity contribution in [1.29, 1.82) is 0 Å². The molecule has 0 aliphatic carbocycles. The van der Waals surface area contributed by atoms with Gasteiger partial charge in [-0.3, -0.25) is 15.4 Å². The van der Waals surface area contributed by atoms with Crippen LogP contribution in [0.4, 0.5) is 0 Å². The predicted molar refractivity (Wildman–Crippen MR) is 89.4 cm³/mol. The van der Waals surface area contributed by atoms with E-state index in [1.807, 2.05) is 32.6 Å². The lowest BCUT2D eigenvalue weighted by Crippen LogP contribution is -2.51. The van der Waals surface area contributed by atoms with Crippen molar-refractivity contribution in [2.24, 2.45) is 16.7 Å². The molecule has 1 aliphatic rings. The first-order chi connectivity index (χ1) is 10.7. The van der Waals surface area contributed by atoms with Crippen LogP contribution in [0.1, 0.15) is 34.1 Å². The number of hydrogen-bond acceptors (Lipinski definition) is 5. The van der Waals surface area contributed by atoms with E-state index in [0.717, 1.165) is 13.1 Å². The Balaban J connectivity index is 2.34. The van der Waals surface area contributed by atoms with E-state index >= 15 is 0 Å². The molecule has 1 rings (SSSR count). The Kier molecular flexibility index (Phi) is 7.44. The van der Waals surface area contributed by atoms with Crippen LogP contribution in [0.3, 0.4) is 0 Å². The summed E-state index contributed by atoms with van der Waals surface area (Å²) < 4.78 is 5.81. The van der Waals surface area contributed by atoms with Gasteiger partial charge in [0.25, 0.3) is 0 Å². The number of piperazine rings is 1. The van der Waals surface area contributed by atoms with Crippen LogP contribution < -0.4 is 11.2 Å². The zero-order valence-electron chi connectivity index (χ0n) is 14.9. The molecule has 0 aromatic carbocycles. The second-order valence-electron chi connectivity index (χ2n) is 7.91. The highest BCUT2D eigenvalue weighted by molar-refractivity contribution is 5.77. The molecule has 0 atom stereocenters. The number of carbonyl (C=O) groups is 2. The molecule has 1 fully saturated rings. The van der Waals surface area contributed by atoms with Crippen LogP contribution in [0.25, 0.3) is 0 Å². The van der Waals surface area contributed by atoms with E-state index in [1.165, 1.54) is 0 Å². The van der Waals surface area contributed by atoms with Gasteiger partial charge in [0.1, 0.15) is 0 Å². The van der Waals surface area contributed by atoms with Gasteiger partial charge in [-0.1, -0.05) is 27.7 Å². The molecule has 2 amide bonds. The van der Waals surface area contributed by atoms with Gasteiger partial charge in [0.2, 0.25) is 12.3 Å². The zero-order valence-corrected chi connectivity index (χ0v) is 14.9. The van der Waals surface area contributed by atoms with Gasteiger partial charge in [-0.2, -0.15) is 0 Å². The van der Waals surface area contributed by atoms with E-state index in [2.05, 4.69) is 5.32 Å². The summed E-state index contributed by atoms with van der Waals surface area (Å²) in [6, 6.07) is 0. The van der Waals surface area contributed by atoms with E-state index in [1.54, 1.807) is 5.01 Å². The fourth-order valence-corrected chi connectivity index (χ4v) is 2.52. The number of carbonyl (C=O) groups excluding carboxylic acids is 2. The summed E-state index contributed by atoms with van der Waals surface area (Å²) in [6.07, 6.45) is 1.16. The van der Waals surface area contributed by atoms with Crippen LogP contribution in [0.5, 0.6) is 0 Å². The fourth-order valence-electron chi connectivity index (χ4n) is 2.52. The second-order valence-corrected chi connectivity index (χ2v) is 7.91. The highest BCUT2D eigenvalue weighted by Crippen LogP contribution is 2.24. The molecule has 0 radical (unpaired) electrons. The van der Waals surface area contributed by atoms with Gasteiger partial charge >= 0.3 is 0 Å². The summed E-state index contributed by atoms with van der Waals surface area (Å²) in [4.78, 5) is 24.6. The van der Waals surface area contributed by atoms with Crippen molar-refractivity contribution in [3.63, 3.8) is 0 Å². The number of ether oxygens (including phenoxy) is 1. The summed E-state index contributed by atoms with van der Waals surface area (Å²) in [5.41, 5.74) is -0.344. The summed E-state index contributed by atoms with van der Waals surface area (Å²) in [5, 5.41) is 4.42. The van der Waals surface area contributed by atoms with Gasteiger partial charge in [0.05, 0.1) is 13.2 Å². The lowest BCUT2D eigenvalue weighted by Gasteiger charge is -2.34. The Bertz CT molecular complexity index is 391. The minimum atomic E-state index is -0.217. The largest absolute Gasteiger partial charge is 0.380 e. The number of nitrogens with zero attached hydrogens (tertiary/aromatic N) is 2. The standard InChI is InChI=1S/C16H32N4O3/c1-15(2,11-23-12-16(3,4)10-18-13-21)9-14(22)19-5-7-20(17)8-6-19/h13H,5-12,17H2,1-4H3,(H,18,21). The predicted octanol–water partition coefficient (Wildman–Crippen LogP) is 0.209. The van der Waals surface area contributed by atoms with Crippen LogP contribution in [0.15, 0.2) is 0 Å². The smallest absolute Gasteiger partial charge is 0.223 e. The molecule has 1 aliphatic heterocycles. The van der Waals surface area contributed by atoms with E-state index in [0.29, 0.717) is 45.7 Å². The Morgan fingerprint density at radius 1 is 1.13 bits per heavy atom. The maximum Gasteiger partial charge on any atom is 0.223 e. The molecule has 23 heavy (non-hydrogen) atoms. The second kappa shape index (κ2) is 8.61. The van der Waals surface area contributed by atoms with Gasteiger partial charge in [-0.15, -0.1) is 0 Å². The van der Waals surface area contributed by atoms with Crippen LogP contribution in [0, 0.1) is 10.8 Å². The molecule has 0 spiro atoms. The van der Waals surface area contributed by atoms with E-state index < -0.39 is 0 Å². The Morgan fingerprint density at radius 2 is 1.70 bits per heavy atom. The SMILES string of the molecule is CC(C)(CNC=O)COCC(C)(C)CC(=O)N1CCN(N)CC1. The summed E-state index contributed by atoms with van der Waals surface area (Å²) >= 11 is 0. The van der Waals surface area contributed by atoms with Crippen LogP contribution in [0.2, 0.25) is 0 Å². The molecule has 3 N–H and O–H groups in total. The zero-order chi connectivity index (χ0) is 17.5. The number of nitrogens with two attached hydrogens (primary N) is 1. The van der Waals surface area contributed by atoms with E-state index in [4.69, 9.17) is 10.6 Å². The van der Waals surface area contributed by atoms with Gasteiger partial charge in [0, 0.05) is 44.6 Å². The third-order valence-electron chi connectivity index (χ3n) is 3.95. The van der Waals surface area contributed by atoms with E-state index in [9.17, 15) is 9.59 Å². The molecular formula is C16H32N4O3. The molecule has 7 nitrogen and oxygen atoms in total. The quantitative estimate of drug-likeness (QED) is 0.467. The number of nitrogens with one attached hydrogen (secondary N) is 1. The Labute approximate surface area is 139 Å². The lowest BCUT2D eigenvalue weighted by atomic mass is 9.89. The van der Waals surface area contributed by atoms with Gasteiger partial charge in [0.15, 0.2) is 0 Å². The molecule has 7 heteroatoms. The Morgan fingerprint density at radius 3 is 2.26 bits per heavy atom. The first-order valence-corrected chi connectivity index (χ1v) is 8.17. The lowest BCUT2D eigenvalue weighted by molar-refractivity contribution is -0.136. The first-order valence-electron chi connectivity index (χ1n) is 8.17. The molecule has 0 aromatic rings. The van der Waals surface area contributed by atoms with Gasteiger partial charge in [-0.25, -0.2) is 5.01 Å². The maximum absolute atomic E-state index is 12.4. The van der Waals surface area contributed by atoms with Crippen molar-refractivity contribution < 1.29 is 14.3 Å². The molecule has 134 valence electrons. The van der Waals surface area contributed by atoms with Crippen molar-refractivity contribution in [2.75, 3.05) is 45.9 Å². The van der Waals surface area contributed by atoms with Gasteiger partial charge < -0.3 is 15.0 Å². The summed E-state index contributed by atoms with van der Waals surface area (Å²) in [6.45, 7) is 12.6. The fraction of sp³-hybridized carbons (Fsp3) is 0.875. The van der Waals surface area contributed by atoms with Crippen LogP contribution >= 0.6 is 0 Å². The Hall–Kier alpha value is -1.18.